The van der Waals surface area contributed by atoms with Gasteiger partial charge in [-0.3, -0.25) is 14.9 Å². The summed E-state index contributed by atoms with van der Waals surface area (Å²) in [5.41, 5.74) is -0.378. The minimum atomic E-state index is -3.28. The number of carboxylic acids is 1. The number of rotatable bonds is 5. The number of hydrogen-bond donors (Lipinski definition) is 1. The van der Waals surface area contributed by atoms with Gasteiger partial charge in [-0.05, 0) is 29.8 Å². The first kappa shape index (κ1) is 19.9. The second-order valence-electron chi connectivity index (χ2n) is 6.12. The van der Waals surface area contributed by atoms with Crippen LogP contribution in [-0.2, 0) is 9.53 Å². The molecule has 0 heterocycles. The van der Waals surface area contributed by atoms with E-state index in [2.05, 4.69) is 4.74 Å². The molecule has 1 N–H and O–H groups in total. The van der Waals surface area contributed by atoms with Crippen LogP contribution in [0.3, 0.4) is 0 Å². The van der Waals surface area contributed by atoms with Crippen molar-refractivity contribution in [3.63, 3.8) is 0 Å². The van der Waals surface area contributed by atoms with Crippen LogP contribution >= 0.6 is 0 Å². The zero-order valence-electron chi connectivity index (χ0n) is 14.6. The highest BCUT2D eigenvalue weighted by Crippen LogP contribution is 2.42. The van der Waals surface area contributed by atoms with Crippen molar-refractivity contribution < 1.29 is 33.1 Å². The Kier molecular flexibility index (Phi) is 5.22. The highest BCUT2D eigenvalue weighted by Gasteiger charge is 2.51. The molecule has 0 radical (unpaired) electrons. The number of nitro groups is 1. The lowest BCUT2D eigenvalue weighted by Crippen LogP contribution is -2.43. The van der Waals surface area contributed by atoms with Crippen LogP contribution in [0.15, 0.2) is 72.6 Å². The molecule has 9 heteroatoms. The third-order valence-corrected chi connectivity index (χ3v) is 4.28. The van der Waals surface area contributed by atoms with Crippen molar-refractivity contribution in [3.8, 4) is 0 Å². The predicted molar refractivity (Wildman–Crippen MR) is 97.1 cm³/mol. The topological polar surface area (TPSA) is 107 Å². The second-order valence-corrected chi connectivity index (χ2v) is 6.12. The molecule has 0 spiro atoms. The van der Waals surface area contributed by atoms with E-state index in [0.717, 1.165) is 30.3 Å². The zero-order chi connectivity index (χ0) is 21.2. The van der Waals surface area contributed by atoms with Gasteiger partial charge in [-0.25, -0.2) is 9.18 Å². The number of aliphatic carboxylic acids is 1. The van der Waals surface area contributed by atoms with Gasteiger partial charge in [-0.2, -0.15) is 4.39 Å². The number of allylic oxidation sites excluding steroid dienone is 2. The van der Waals surface area contributed by atoms with Crippen LogP contribution in [0.4, 0.5) is 14.5 Å². The molecular weight excluding hydrogens is 388 g/mol. The molecule has 0 saturated carbocycles. The van der Waals surface area contributed by atoms with Gasteiger partial charge in [-0.15, -0.1) is 0 Å². The van der Waals surface area contributed by atoms with Gasteiger partial charge in [0.05, 0.1) is 10.5 Å². The molecule has 7 nitrogen and oxygen atoms in total. The fourth-order valence-corrected chi connectivity index (χ4v) is 2.84. The van der Waals surface area contributed by atoms with E-state index >= 15 is 4.39 Å². The molecule has 2 unspecified atom stereocenters. The number of non-ortho nitro benzene ring substituents is 1. The fourth-order valence-electron chi connectivity index (χ4n) is 2.84. The Morgan fingerprint density at radius 1 is 1.10 bits per heavy atom. The molecule has 2 aromatic carbocycles. The Morgan fingerprint density at radius 3 is 2.28 bits per heavy atom. The second kappa shape index (κ2) is 7.63. The van der Waals surface area contributed by atoms with Gasteiger partial charge in [-0.1, -0.05) is 30.3 Å². The Balaban J connectivity index is 1.91. The quantitative estimate of drug-likeness (QED) is 0.460. The summed E-state index contributed by atoms with van der Waals surface area (Å²) in [7, 11) is 0. The number of halogens is 2. The van der Waals surface area contributed by atoms with E-state index in [-0.39, 0.29) is 16.8 Å². The third kappa shape index (κ3) is 3.88. The Morgan fingerprint density at radius 2 is 1.72 bits per heavy atom. The lowest BCUT2D eigenvalue weighted by Gasteiger charge is -2.30. The monoisotopic (exact) mass is 401 g/mol. The van der Waals surface area contributed by atoms with Crippen molar-refractivity contribution in [2.24, 2.45) is 5.92 Å². The standard InChI is InChI=1S/C20H13F2NO6/c21-17-15(12-4-2-1-3-5-12)10-11-20(22,16(17)18(24)25)29-19(26)13-6-8-14(9-7-13)23(27)28/h1-11,16H,(H,24,25). The van der Waals surface area contributed by atoms with Crippen molar-refractivity contribution in [1.29, 1.82) is 0 Å². The molecule has 1 aliphatic rings. The average molecular weight is 401 g/mol. The minimum absolute atomic E-state index is 0.141. The molecule has 0 fully saturated rings. The fraction of sp³-hybridized carbons (Fsp3) is 0.100. The SMILES string of the molecule is O=C(OC1(F)C=CC(c2ccccc2)=C(F)C1C(=O)O)c1ccc([N+](=O)[O-])cc1. The summed E-state index contributed by atoms with van der Waals surface area (Å²) < 4.78 is 34.8. The number of carbonyl (C=O) groups excluding carboxylic acids is 1. The number of esters is 1. The van der Waals surface area contributed by atoms with Crippen molar-refractivity contribution in [3.05, 3.63) is 93.8 Å². The largest absolute Gasteiger partial charge is 0.481 e. The molecule has 0 aromatic heterocycles. The maximum absolute atomic E-state index is 15.3. The first-order chi connectivity index (χ1) is 13.7. The van der Waals surface area contributed by atoms with Crippen LogP contribution in [0.25, 0.3) is 5.57 Å². The number of benzene rings is 2. The van der Waals surface area contributed by atoms with Crippen LogP contribution in [0.2, 0.25) is 0 Å². The summed E-state index contributed by atoms with van der Waals surface area (Å²) in [6.45, 7) is 0. The van der Waals surface area contributed by atoms with Crippen molar-refractivity contribution in [2.75, 3.05) is 0 Å². The van der Waals surface area contributed by atoms with Crippen LogP contribution in [0.5, 0.6) is 0 Å². The average Bonchev–Trinajstić information content (AvgIpc) is 2.68. The minimum Gasteiger partial charge on any atom is -0.481 e. The van der Waals surface area contributed by atoms with Gasteiger partial charge in [0, 0.05) is 17.7 Å². The number of alkyl halides is 1. The first-order valence-electron chi connectivity index (χ1n) is 8.27. The Bertz CT molecular complexity index is 1030. The summed E-state index contributed by atoms with van der Waals surface area (Å²) in [6, 6.07) is 12.0. The lowest BCUT2D eigenvalue weighted by atomic mass is 9.87. The van der Waals surface area contributed by atoms with E-state index in [9.17, 15) is 29.2 Å². The number of nitrogens with zero attached hydrogens (tertiary/aromatic N) is 1. The van der Waals surface area contributed by atoms with E-state index in [0.29, 0.717) is 11.6 Å². The smallest absolute Gasteiger partial charge is 0.341 e. The zero-order valence-corrected chi connectivity index (χ0v) is 14.6. The normalized spacial score (nSPS) is 21.0. The predicted octanol–water partition coefficient (Wildman–Crippen LogP) is 4.07. The number of carboxylic acid groups (broad SMARTS) is 1. The molecule has 0 saturated heterocycles. The van der Waals surface area contributed by atoms with E-state index in [1.54, 1.807) is 18.2 Å². The number of hydrogen-bond acceptors (Lipinski definition) is 5. The highest BCUT2D eigenvalue weighted by molar-refractivity contribution is 5.91. The summed E-state index contributed by atoms with van der Waals surface area (Å²) >= 11 is 0. The molecule has 148 valence electrons. The maximum Gasteiger partial charge on any atom is 0.341 e. The van der Waals surface area contributed by atoms with E-state index in [1.807, 2.05) is 0 Å². The summed E-state index contributed by atoms with van der Waals surface area (Å²) in [5, 5.41) is 20.0. The van der Waals surface area contributed by atoms with Gasteiger partial charge in [0.1, 0.15) is 5.83 Å². The summed E-state index contributed by atoms with van der Waals surface area (Å²) in [4.78, 5) is 33.8. The molecule has 29 heavy (non-hydrogen) atoms. The van der Waals surface area contributed by atoms with Crippen LogP contribution in [0, 0.1) is 16.0 Å². The van der Waals surface area contributed by atoms with Gasteiger partial charge >= 0.3 is 11.9 Å². The Hall–Kier alpha value is -3.88. The van der Waals surface area contributed by atoms with Gasteiger partial charge < -0.3 is 9.84 Å². The summed E-state index contributed by atoms with van der Waals surface area (Å²) in [6.07, 6.45) is 1.67. The van der Waals surface area contributed by atoms with Gasteiger partial charge in [0.2, 0.25) is 0 Å². The molecular formula is C20H13F2NO6. The van der Waals surface area contributed by atoms with Crippen LogP contribution in [-0.4, -0.2) is 27.8 Å². The van der Waals surface area contributed by atoms with Crippen molar-refractivity contribution >= 4 is 23.2 Å². The van der Waals surface area contributed by atoms with E-state index < -0.39 is 34.5 Å². The van der Waals surface area contributed by atoms with Gasteiger partial charge in [0.25, 0.3) is 11.5 Å². The van der Waals surface area contributed by atoms with Crippen LogP contribution < -0.4 is 0 Å². The van der Waals surface area contributed by atoms with Crippen molar-refractivity contribution in [1.82, 2.24) is 0 Å². The number of nitro benzene ring substituents is 1. The van der Waals surface area contributed by atoms with E-state index in [1.165, 1.54) is 12.1 Å². The molecule has 3 rings (SSSR count). The summed E-state index contributed by atoms with van der Waals surface area (Å²) in [5.74, 6) is -10.2. The number of carbonyl (C=O) groups is 2. The molecule has 1 aliphatic carbocycles. The first-order valence-corrected chi connectivity index (χ1v) is 8.27. The molecule has 2 aromatic rings. The highest BCUT2D eigenvalue weighted by atomic mass is 19.2. The van der Waals surface area contributed by atoms with Crippen molar-refractivity contribution in [2.45, 2.75) is 5.85 Å². The molecule has 0 aliphatic heterocycles. The van der Waals surface area contributed by atoms with Gasteiger partial charge in [0.15, 0.2) is 5.92 Å². The molecule has 2 atom stereocenters. The maximum atomic E-state index is 15.3. The van der Waals surface area contributed by atoms with E-state index in [4.69, 9.17) is 0 Å². The molecule has 0 amide bonds. The lowest BCUT2D eigenvalue weighted by molar-refractivity contribution is -0.384. The van der Waals surface area contributed by atoms with Crippen LogP contribution in [0.1, 0.15) is 15.9 Å². The molecule has 0 bridgehead atoms. The Labute approximate surface area is 162 Å². The third-order valence-electron chi connectivity index (χ3n) is 4.28. The number of ether oxygens (including phenoxy) is 1.